The molecule has 1 N–H and O–H groups in total. The molecule has 0 bridgehead atoms. The van der Waals surface area contributed by atoms with Gasteiger partial charge >= 0.3 is 0 Å². The Bertz CT molecular complexity index is 296. The molecule has 4 atom stereocenters. The minimum absolute atomic E-state index is 0.0153. The van der Waals surface area contributed by atoms with E-state index in [0.29, 0.717) is 5.92 Å². The van der Waals surface area contributed by atoms with Crippen molar-refractivity contribution in [2.75, 3.05) is 20.2 Å². The van der Waals surface area contributed by atoms with Crippen LogP contribution in [0.25, 0.3) is 0 Å². The number of amides is 1. The number of piperidine rings is 1. The van der Waals surface area contributed by atoms with Crippen LogP contribution in [0, 0.1) is 5.92 Å². The van der Waals surface area contributed by atoms with Crippen LogP contribution < -0.4 is 5.32 Å². The molecule has 2 aliphatic heterocycles. The van der Waals surface area contributed by atoms with Crippen LogP contribution in [-0.2, 0) is 9.53 Å². The van der Waals surface area contributed by atoms with E-state index in [2.05, 4.69) is 19.2 Å². The largest absolute Gasteiger partial charge is 0.376 e. The van der Waals surface area contributed by atoms with Crippen molar-refractivity contribution >= 4 is 5.91 Å². The fraction of sp³-hybridized carbons (Fsp3) is 0.929. The van der Waals surface area contributed by atoms with Crippen LogP contribution >= 0.6 is 0 Å². The lowest BCUT2D eigenvalue weighted by Crippen LogP contribution is -2.53. The first-order valence-corrected chi connectivity index (χ1v) is 7.25. The predicted octanol–water partition coefficient (Wildman–Crippen LogP) is 1.40. The first kappa shape index (κ1) is 13.8. The molecule has 0 aliphatic carbocycles. The molecule has 0 aromatic rings. The number of rotatable bonds is 3. The Labute approximate surface area is 110 Å². The maximum Gasteiger partial charge on any atom is 0.239 e. The van der Waals surface area contributed by atoms with Gasteiger partial charge in [0.25, 0.3) is 0 Å². The lowest BCUT2D eigenvalue weighted by Gasteiger charge is -2.34. The van der Waals surface area contributed by atoms with Crippen molar-refractivity contribution in [3.63, 3.8) is 0 Å². The zero-order valence-corrected chi connectivity index (χ0v) is 11.8. The monoisotopic (exact) mass is 254 g/mol. The third-order valence-corrected chi connectivity index (χ3v) is 4.57. The molecular formula is C14H26N2O2. The van der Waals surface area contributed by atoms with Crippen molar-refractivity contribution in [1.82, 2.24) is 10.2 Å². The van der Waals surface area contributed by atoms with E-state index in [-0.39, 0.29) is 24.1 Å². The minimum atomic E-state index is 0.0153. The highest BCUT2D eigenvalue weighted by Crippen LogP contribution is 2.23. The highest BCUT2D eigenvalue weighted by molar-refractivity contribution is 5.82. The van der Waals surface area contributed by atoms with Crippen LogP contribution in [0.3, 0.4) is 0 Å². The summed E-state index contributed by atoms with van der Waals surface area (Å²) in [6, 6.07) is 0.266. The van der Waals surface area contributed by atoms with E-state index in [4.69, 9.17) is 4.74 Å². The molecule has 4 unspecified atom stereocenters. The number of carbonyl (C=O) groups is 1. The Balaban J connectivity index is 1.93. The standard InChI is InChI=1S/C14H26N2O2/c1-4-11-5-7-15-12(9-11)14(17)16(3)13-6-8-18-10(13)2/h10-13,15H,4-9H2,1-3H3. The number of likely N-dealkylation sites (N-methyl/N-ethyl adjacent to an activating group) is 1. The van der Waals surface area contributed by atoms with Crippen LogP contribution in [0.15, 0.2) is 0 Å². The predicted molar refractivity (Wildman–Crippen MR) is 71.4 cm³/mol. The fourth-order valence-corrected chi connectivity index (χ4v) is 3.19. The van der Waals surface area contributed by atoms with Gasteiger partial charge < -0.3 is 15.0 Å². The lowest BCUT2D eigenvalue weighted by molar-refractivity contribution is -0.136. The molecule has 18 heavy (non-hydrogen) atoms. The van der Waals surface area contributed by atoms with E-state index in [1.165, 1.54) is 12.8 Å². The van der Waals surface area contributed by atoms with Crippen LogP contribution in [0.1, 0.15) is 39.5 Å². The van der Waals surface area contributed by atoms with Crippen LogP contribution in [0.5, 0.6) is 0 Å². The SMILES string of the molecule is CCC1CCNC(C(=O)N(C)C2CCOC2C)C1. The van der Waals surface area contributed by atoms with E-state index >= 15 is 0 Å². The first-order chi connectivity index (χ1) is 8.63. The number of hydrogen-bond donors (Lipinski definition) is 1. The first-order valence-electron chi connectivity index (χ1n) is 7.25. The molecule has 0 saturated carbocycles. The van der Waals surface area contributed by atoms with Gasteiger partial charge in [-0.1, -0.05) is 13.3 Å². The second-order valence-corrected chi connectivity index (χ2v) is 5.69. The lowest BCUT2D eigenvalue weighted by atomic mass is 9.89. The molecule has 0 radical (unpaired) electrons. The van der Waals surface area contributed by atoms with Crippen molar-refractivity contribution in [2.45, 2.75) is 57.7 Å². The highest BCUT2D eigenvalue weighted by Gasteiger charge is 2.35. The molecule has 2 rings (SSSR count). The topological polar surface area (TPSA) is 41.6 Å². The van der Waals surface area contributed by atoms with Crippen LogP contribution in [0.2, 0.25) is 0 Å². The summed E-state index contributed by atoms with van der Waals surface area (Å²) in [4.78, 5) is 14.4. The van der Waals surface area contributed by atoms with Gasteiger partial charge in [0.15, 0.2) is 0 Å². The van der Waals surface area contributed by atoms with Gasteiger partial charge in [0.05, 0.1) is 18.2 Å². The average molecular weight is 254 g/mol. The van der Waals surface area contributed by atoms with Gasteiger partial charge in [0.2, 0.25) is 5.91 Å². The van der Waals surface area contributed by atoms with Gasteiger partial charge in [0, 0.05) is 13.7 Å². The Morgan fingerprint density at radius 1 is 1.44 bits per heavy atom. The molecule has 2 saturated heterocycles. The maximum absolute atomic E-state index is 12.5. The zero-order valence-electron chi connectivity index (χ0n) is 11.8. The van der Waals surface area contributed by atoms with Gasteiger partial charge in [-0.2, -0.15) is 0 Å². The molecule has 2 fully saturated rings. The summed E-state index contributed by atoms with van der Waals surface area (Å²) in [5.41, 5.74) is 0. The van der Waals surface area contributed by atoms with E-state index < -0.39 is 0 Å². The summed E-state index contributed by atoms with van der Waals surface area (Å²) in [5.74, 6) is 0.946. The summed E-state index contributed by atoms with van der Waals surface area (Å²) in [5, 5.41) is 3.37. The van der Waals surface area contributed by atoms with Crippen molar-refractivity contribution < 1.29 is 9.53 Å². The van der Waals surface area contributed by atoms with E-state index in [1.54, 1.807) is 0 Å². The smallest absolute Gasteiger partial charge is 0.239 e. The van der Waals surface area contributed by atoms with Crippen LogP contribution in [-0.4, -0.2) is 49.2 Å². The fourth-order valence-electron chi connectivity index (χ4n) is 3.19. The Hall–Kier alpha value is -0.610. The highest BCUT2D eigenvalue weighted by atomic mass is 16.5. The quantitative estimate of drug-likeness (QED) is 0.828. The molecule has 2 heterocycles. The Morgan fingerprint density at radius 2 is 2.22 bits per heavy atom. The number of nitrogens with zero attached hydrogens (tertiary/aromatic N) is 1. The second-order valence-electron chi connectivity index (χ2n) is 5.69. The Kier molecular flexibility index (Phi) is 4.62. The number of ether oxygens (including phenoxy) is 1. The molecule has 0 aromatic carbocycles. The molecule has 4 heteroatoms. The molecular weight excluding hydrogens is 228 g/mol. The van der Waals surface area contributed by atoms with Gasteiger partial charge in [-0.25, -0.2) is 0 Å². The Morgan fingerprint density at radius 3 is 2.83 bits per heavy atom. The number of carbonyl (C=O) groups excluding carboxylic acids is 1. The molecule has 0 aromatic heterocycles. The summed E-state index contributed by atoms with van der Waals surface area (Å²) < 4.78 is 5.55. The summed E-state index contributed by atoms with van der Waals surface area (Å²) in [6.45, 7) is 6.03. The number of hydrogen-bond acceptors (Lipinski definition) is 3. The van der Waals surface area contributed by atoms with Crippen molar-refractivity contribution in [2.24, 2.45) is 5.92 Å². The maximum atomic E-state index is 12.5. The van der Waals surface area contributed by atoms with Gasteiger partial charge in [-0.05, 0) is 38.6 Å². The van der Waals surface area contributed by atoms with Gasteiger partial charge in [0.1, 0.15) is 0 Å². The third-order valence-electron chi connectivity index (χ3n) is 4.57. The van der Waals surface area contributed by atoms with Crippen molar-refractivity contribution in [3.8, 4) is 0 Å². The average Bonchev–Trinajstić information content (AvgIpc) is 2.83. The van der Waals surface area contributed by atoms with Gasteiger partial charge in [-0.15, -0.1) is 0 Å². The van der Waals surface area contributed by atoms with Crippen molar-refractivity contribution in [3.05, 3.63) is 0 Å². The summed E-state index contributed by atoms with van der Waals surface area (Å²) in [7, 11) is 1.93. The summed E-state index contributed by atoms with van der Waals surface area (Å²) in [6.07, 6.45) is 4.50. The van der Waals surface area contributed by atoms with Crippen LogP contribution in [0.4, 0.5) is 0 Å². The van der Waals surface area contributed by atoms with Gasteiger partial charge in [-0.3, -0.25) is 4.79 Å². The number of nitrogens with one attached hydrogen (secondary N) is 1. The molecule has 1 amide bonds. The minimum Gasteiger partial charge on any atom is -0.376 e. The third kappa shape index (κ3) is 2.86. The molecule has 104 valence electrons. The normalized spacial score (nSPS) is 36.6. The summed E-state index contributed by atoms with van der Waals surface area (Å²) >= 11 is 0. The molecule has 2 aliphatic rings. The van der Waals surface area contributed by atoms with Crippen molar-refractivity contribution in [1.29, 1.82) is 0 Å². The van der Waals surface area contributed by atoms with E-state index in [1.807, 2.05) is 11.9 Å². The second kappa shape index (κ2) is 6.02. The zero-order chi connectivity index (χ0) is 13.1. The molecule has 0 spiro atoms. The van der Waals surface area contributed by atoms with E-state index in [9.17, 15) is 4.79 Å². The molecule has 4 nitrogen and oxygen atoms in total. The van der Waals surface area contributed by atoms with E-state index in [0.717, 1.165) is 26.0 Å².